The van der Waals surface area contributed by atoms with Crippen molar-refractivity contribution < 1.29 is 4.79 Å². The Bertz CT molecular complexity index is 338. The fourth-order valence-corrected chi connectivity index (χ4v) is 0.935. The Morgan fingerprint density at radius 2 is 2.00 bits per heavy atom. The number of aromatic nitrogens is 2. The highest BCUT2D eigenvalue weighted by molar-refractivity contribution is 6.21. The van der Waals surface area contributed by atoms with Gasteiger partial charge in [0.1, 0.15) is 6.33 Å². The third-order valence-corrected chi connectivity index (χ3v) is 2.80. The Morgan fingerprint density at radius 3 is 2.47 bits per heavy atom. The molecule has 1 unspecified atom stereocenters. The van der Waals surface area contributed by atoms with Crippen LogP contribution < -0.4 is 5.32 Å². The summed E-state index contributed by atoms with van der Waals surface area (Å²) in [6, 6.07) is 0. The molecule has 0 fully saturated rings. The van der Waals surface area contributed by atoms with Crippen molar-refractivity contribution in [2.45, 2.75) is 31.7 Å². The zero-order valence-electron chi connectivity index (χ0n) is 8.99. The van der Waals surface area contributed by atoms with Crippen molar-refractivity contribution in [2.75, 3.05) is 0 Å². The van der Waals surface area contributed by atoms with E-state index >= 15 is 0 Å². The third kappa shape index (κ3) is 3.16. The number of hydrogen-bond acceptors (Lipinski definition) is 3. The van der Waals surface area contributed by atoms with Crippen molar-refractivity contribution in [1.82, 2.24) is 15.3 Å². The van der Waals surface area contributed by atoms with Gasteiger partial charge in [0, 0.05) is 12.4 Å². The molecule has 1 aromatic heterocycles. The molecule has 0 aliphatic rings. The maximum Gasteiger partial charge on any atom is 0.254 e. The lowest BCUT2D eigenvalue weighted by Gasteiger charge is -2.28. The number of alkyl halides is 1. The predicted molar refractivity (Wildman–Crippen MR) is 58.9 cm³/mol. The Kier molecular flexibility index (Phi) is 3.63. The van der Waals surface area contributed by atoms with E-state index < -0.39 is 5.54 Å². The van der Waals surface area contributed by atoms with Crippen LogP contribution in [0.5, 0.6) is 0 Å². The molecule has 0 radical (unpaired) electrons. The average Bonchev–Trinajstić information content (AvgIpc) is 2.18. The Morgan fingerprint density at radius 1 is 1.47 bits per heavy atom. The van der Waals surface area contributed by atoms with E-state index in [1.807, 2.05) is 20.8 Å². The molecule has 15 heavy (non-hydrogen) atoms. The summed E-state index contributed by atoms with van der Waals surface area (Å²) < 4.78 is 0. The minimum Gasteiger partial charge on any atom is -0.346 e. The second-order valence-electron chi connectivity index (χ2n) is 3.92. The van der Waals surface area contributed by atoms with Crippen LogP contribution in [0.3, 0.4) is 0 Å². The first-order valence-corrected chi connectivity index (χ1v) is 5.08. The topological polar surface area (TPSA) is 54.9 Å². The summed E-state index contributed by atoms with van der Waals surface area (Å²) in [7, 11) is 0. The van der Waals surface area contributed by atoms with Gasteiger partial charge >= 0.3 is 0 Å². The zero-order valence-corrected chi connectivity index (χ0v) is 9.75. The lowest BCUT2D eigenvalue weighted by molar-refractivity contribution is 0.0911. The monoisotopic (exact) mass is 227 g/mol. The zero-order chi connectivity index (χ0) is 11.5. The van der Waals surface area contributed by atoms with Gasteiger partial charge in [0.05, 0.1) is 16.5 Å². The minimum atomic E-state index is -0.464. The number of nitrogens with zero attached hydrogens (tertiary/aromatic N) is 2. The fourth-order valence-electron chi connectivity index (χ4n) is 0.881. The third-order valence-electron chi connectivity index (χ3n) is 2.25. The van der Waals surface area contributed by atoms with Crippen LogP contribution in [0.25, 0.3) is 0 Å². The van der Waals surface area contributed by atoms with Gasteiger partial charge in [0.2, 0.25) is 0 Å². The first-order valence-electron chi connectivity index (χ1n) is 4.65. The molecule has 0 saturated carbocycles. The first kappa shape index (κ1) is 11.9. The second kappa shape index (κ2) is 4.57. The predicted octanol–water partition coefficient (Wildman–Crippen LogP) is 1.61. The van der Waals surface area contributed by atoms with Crippen LogP contribution in [0, 0.1) is 0 Å². The highest BCUT2D eigenvalue weighted by atomic mass is 35.5. The fraction of sp³-hybridized carbons (Fsp3) is 0.500. The van der Waals surface area contributed by atoms with Crippen molar-refractivity contribution in [3.8, 4) is 0 Å². The molecule has 1 heterocycles. The van der Waals surface area contributed by atoms with Crippen LogP contribution in [-0.2, 0) is 0 Å². The van der Waals surface area contributed by atoms with Gasteiger partial charge in [-0.05, 0) is 20.8 Å². The second-order valence-corrected chi connectivity index (χ2v) is 4.57. The van der Waals surface area contributed by atoms with E-state index in [-0.39, 0.29) is 11.3 Å². The van der Waals surface area contributed by atoms with E-state index in [1.54, 1.807) is 0 Å². The summed E-state index contributed by atoms with van der Waals surface area (Å²) in [6.07, 6.45) is 4.32. The summed E-state index contributed by atoms with van der Waals surface area (Å²) >= 11 is 5.95. The standard InChI is InChI=1S/C10H14ClN3O/c1-7(11)10(2,3)14-9(15)8-4-12-6-13-5-8/h4-7H,1-3H3,(H,14,15). The average molecular weight is 228 g/mol. The maximum absolute atomic E-state index is 11.7. The first-order chi connectivity index (χ1) is 6.93. The summed E-state index contributed by atoms with van der Waals surface area (Å²) in [5, 5.41) is 2.66. The SMILES string of the molecule is CC(Cl)C(C)(C)NC(=O)c1cncnc1. The van der Waals surface area contributed by atoms with Gasteiger partial charge in [-0.15, -0.1) is 11.6 Å². The molecule has 0 spiro atoms. The molecular weight excluding hydrogens is 214 g/mol. The van der Waals surface area contributed by atoms with Crippen LogP contribution in [0.2, 0.25) is 0 Å². The Hall–Kier alpha value is -1.16. The smallest absolute Gasteiger partial charge is 0.254 e. The number of rotatable bonds is 3. The van der Waals surface area contributed by atoms with Crippen molar-refractivity contribution >= 4 is 17.5 Å². The number of amides is 1. The maximum atomic E-state index is 11.7. The molecule has 1 aromatic rings. The van der Waals surface area contributed by atoms with Gasteiger partial charge in [0.25, 0.3) is 5.91 Å². The van der Waals surface area contributed by atoms with E-state index in [1.165, 1.54) is 18.7 Å². The molecule has 0 saturated heterocycles. The molecule has 1 amide bonds. The van der Waals surface area contributed by atoms with Gasteiger partial charge in [-0.25, -0.2) is 9.97 Å². The number of hydrogen-bond donors (Lipinski definition) is 1. The van der Waals surface area contributed by atoms with Gasteiger partial charge in [0.15, 0.2) is 0 Å². The molecule has 82 valence electrons. The molecular formula is C10H14ClN3O. The highest BCUT2D eigenvalue weighted by Crippen LogP contribution is 2.15. The molecule has 1 N–H and O–H groups in total. The van der Waals surface area contributed by atoms with Gasteiger partial charge in [-0.3, -0.25) is 4.79 Å². The lowest BCUT2D eigenvalue weighted by atomic mass is 10.0. The number of carbonyl (C=O) groups is 1. The van der Waals surface area contributed by atoms with Crippen LogP contribution in [0.1, 0.15) is 31.1 Å². The van der Waals surface area contributed by atoms with E-state index in [0.717, 1.165) is 0 Å². The van der Waals surface area contributed by atoms with Crippen molar-refractivity contribution in [2.24, 2.45) is 0 Å². The van der Waals surface area contributed by atoms with Gasteiger partial charge < -0.3 is 5.32 Å². The number of nitrogens with one attached hydrogen (secondary N) is 1. The van der Waals surface area contributed by atoms with E-state index in [2.05, 4.69) is 15.3 Å². The van der Waals surface area contributed by atoms with Crippen LogP contribution in [-0.4, -0.2) is 26.8 Å². The Labute approximate surface area is 94.1 Å². The number of carbonyl (C=O) groups excluding carboxylic acids is 1. The summed E-state index contributed by atoms with van der Waals surface area (Å²) in [5.41, 5.74) is -0.0306. The van der Waals surface area contributed by atoms with Crippen molar-refractivity contribution in [3.63, 3.8) is 0 Å². The summed E-state index contributed by atoms with van der Waals surface area (Å²) in [5.74, 6) is -0.215. The van der Waals surface area contributed by atoms with Crippen LogP contribution in [0.4, 0.5) is 0 Å². The summed E-state index contributed by atoms with van der Waals surface area (Å²) in [6.45, 7) is 5.57. The molecule has 5 heteroatoms. The van der Waals surface area contributed by atoms with E-state index in [0.29, 0.717) is 5.56 Å². The largest absolute Gasteiger partial charge is 0.346 e. The van der Waals surface area contributed by atoms with E-state index in [4.69, 9.17) is 11.6 Å². The molecule has 0 aromatic carbocycles. The number of halogens is 1. The van der Waals surface area contributed by atoms with Crippen molar-refractivity contribution in [3.05, 3.63) is 24.3 Å². The molecule has 0 aliphatic heterocycles. The molecule has 1 rings (SSSR count). The van der Waals surface area contributed by atoms with Gasteiger partial charge in [-0.2, -0.15) is 0 Å². The molecule has 0 bridgehead atoms. The van der Waals surface area contributed by atoms with Gasteiger partial charge in [-0.1, -0.05) is 0 Å². The van der Waals surface area contributed by atoms with Crippen LogP contribution in [0.15, 0.2) is 18.7 Å². The Balaban J connectivity index is 2.73. The highest BCUT2D eigenvalue weighted by Gasteiger charge is 2.26. The van der Waals surface area contributed by atoms with Crippen molar-refractivity contribution in [1.29, 1.82) is 0 Å². The normalized spacial score (nSPS) is 13.3. The molecule has 0 aliphatic carbocycles. The summed E-state index contributed by atoms with van der Waals surface area (Å²) in [4.78, 5) is 19.3. The molecule has 4 nitrogen and oxygen atoms in total. The van der Waals surface area contributed by atoms with E-state index in [9.17, 15) is 4.79 Å². The quantitative estimate of drug-likeness (QED) is 0.799. The lowest BCUT2D eigenvalue weighted by Crippen LogP contribution is -2.49. The minimum absolute atomic E-state index is 0.161. The molecule has 1 atom stereocenters. The van der Waals surface area contributed by atoms with Crippen LogP contribution >= 0.6 is 11.6 Å².